The Morgan fingerprint density at radius 1 is 1.42 bits per heavy atom. The van der Waals surface area contributed by atoms with Crippen molar-refractivity contribution < 1.29 is 4.74 Å². The van der Waals surface area contributed by atoms with Crippen LogP contribution in [0.25, 0.3) is 0 Å². The number of hydrogen-bond donors (Lipinski definition) is 1. The van der Waals surface area contributed by atoms with Gasteiger partial charge in [0.15, 0.2) is 0 Å². The molecule has 106 valence electrons. The molecule has 1 aliphatic rings. The molecule has 0 spiro atoms. The fourth-order valence-corrected chi connectivity index (χ4v) is 2.59. The fourth-order valence-electron chi connectivity index (χ4n) is 2.59. The lowest BCUT2D eigenvalue weighted by atomic mass is 10.2. The predicted octanol–water partition coefficient (Wildman–Crippen LogP) is 2.08. The lowest BCUT2D eigenvalue weighted by Gasteiger charge is -2.22. The summed E-state index contributed by atoms with van der Waals surface area (Å²) >= 11 is 0. The second-order valence-electron chi connectivity index (χ2n) is 4.91. The van der Waals surface area contributed by atoms with E-state index >= 15 is 0 Å². The molecule has 5 nitrogen and oxygen atoms in total. The van der Waals surface area contributed by atoms with Gasteiger partial charge in [-0.3, -0.25) is 4.90 Å². The third kappa shape index (κ3) is 3.80. The number of anilines is 1. The van der Waals surface area contributed by atoms with Crippen molar-refractivity contribution in [3.8, 4) is 5.88 Å². The first-order chi connectivity index (χ1) is 9.22. The Morgan fingerprint density at radius 2 is 2.26 bits per heavy atom. The van der Waals surface area contributed by atoms with E-state index in [9.17, 15) is 0 Å². The highest BCUT2D eigenvalue weighted by Gasteiger charge is 2.22. The predicted molar refractivity (Wildman–Crippen MR) is 76.7 cm³/mol. The Labute approximate surface area is 115 Å². The normalized spacial score (nSPS) is 19.6. The van der Waals surface area contributed by atoms with Gasteiger partial charge in [0.25, 0.3) is 0 Å². The van der Waals surface area contributed by atoms with E-state index in [0.29, 0.717) is 24.5 Å². The molecular formula is C14H24N4O. The van der Waals surface area contributed by atoms with E-state index < -0.39 is 0 Å². The summed E-state index contributed by atoms with van der Waals surface area (Å²) in [5.41, 5.74) is 0.930. The van der Waals surface area contributed by atoms with Crippen molar-refractivity contribution in [3.05, 3.63) is 11.8 Å². The minimum absolute atomic E-state index is 0.602. The van der Waals surface area contributed by atoms with E-state index in [1.165, 1.54) is 19.4 Å². The van der Waals surface area contributed by atoms with Crippen LogP contribution in [0.3, 0.4) is 0 Å². The number of likely N-dealkylation sites (N-methyl/N-ethyl adjacent to an activating group) is 1. The molecule has 0 saturated carbocycles. The third-order valence-corrected chi connectivity index (χ3v) is 3.52. The van der Waals surface area contributed by atoms with E-state index in [1.54, 1.807) is 0 Å². The Bertz CT molecular complexity index is 410. The zero-order chi connectivity index (χ0) is 13.7. The third-order valence-electron chi connectivity index (χ3n) is 3.52. The van der Waals surface area contributed by atoms with Gasteiger partial charge in [0.2, 0.25) is 11.8 Å². The van der Waals surface area contributed by atoms with Crippen LogP contribution in [-0.4, -0.2) is 47.2 Å². The molecule has 1 N–H and O–H groups in total. The number of hydrogen-bond acceptors (Lipinski definition) is 5. The zero-order valence-electron chi connectivity index (χ0n) is 12.1. The van der Waals surface area contributed by atoms with Gasteiger partial charge in [0, 0.05) is 24.3 Å². The molecule has 2 heterocycles. The van der Waals surface area contributed by atoms with Crippen LogP contribution in [0.2, 0.25) is 0 Å². The molecule has 2 rings (SSSR count). The summed E-state index contributed by atoms with van der Waals surface area (Å²) in [7, 11) is 0. The van der Waals surface area contributed by atoms with Gasteiger partial charge in [-0.1, -0.05) is 6.92 Å². The largest absolute Gasteiger partial charge is 0.478 e. The highest BCUT2D eigenvalue weighted by Crippen LogP contribution is 2.17. The highest BCUT2D eigenvalue weighted by atomic mass is 16.5. The average Bonchev–Trinajstić information content (AvgIpc) is 2.83. The second kappa shape index (κ2) is 6.70. The van der Waals surface area contributed by atoms with Gasteiger partial charge in [-0.05, 0) is 39.8 Å². The molecule has 1 unspecified atom stereocenters. The smallest absolute Gasteiger partial charge is 0.226 e. The summed E-state index contributed by atoms with van der Waals surface area (Å²) in [5, 5.41) is 3.35. The number of rotatable bonds is 6. The van der Waals surface area contributed by atoms with Crippen molar-refractivity contribution in [1.82, 2.24) is 14.9 Å². The van der Waals surface area contributed by atoms with Gasteiger partial charge in [-0.2, -0.15) is 4.98 Å². The van der Waals surface area contributed by atoms with Crippen molar-refractivity contribution in [3.63, 3.8) is 0 Å². The van der Waals surface area contributed by atoms with E-state index in [-0.39, 0.29) is 0 Å². The maximum atomic E-state index is 5.44. The average molecular weight is 264 g/mol. The summed E-state index contributed by atoms with van der Waals surface area (Å²) in [5.74, 6) is 1.32. The first-order valence-corrected chi connectivity index (χ1v) is 7.19. The number of aromatic nitrogens is 2. The SMILES string of the molecule is CCOc1cc(C)nc(NCC2CCCN2CC)n1. The number of likely N-dealkylation sites (tertiary alicyclic amines) is 1. The quantitative estimate of drug-likeness (QED) is 0.852. The van der Waals surface area contributed by atoms with E-state index in [0.717, 1.165) is 18.8 Å². The van der Waals surface area contributed by atoms with E-state index in [1.807, 2.05) is 19.9 Å². The molecule has 1 fully saturated rings. The van der Waals surface area contributed by atoms with Gasteiger partial charge >= 0.3 is 0 Å². The molecular weight excluding hydrogens is 240 g/mol. The van der Waals surface area contributed by atoms with Gasteiger partial charge in [-0.15, -0.1) is 0 Å². The number of aryl methyl sites for hydroxylation is 1. The van der Waals surface area contributed by atoms with Crippen LogP contribution >= 0.6 is 0 Å². The molecule has 0 aromatic carbocycles. The zero-order valence-corrected chi connectivity index (χ0v) is 12.1. The van der Waals surface area contributed by atoms with Crippen molar-refractivity contribution in [1.29, 1.82) is 0 Å². The van der Waals surface area contributed by atoms with Crippen molar-refractivity contribution in [2.75, 3.05) is 31.6 Å². The van der Waals surface area contributed by atoms with Gasteiger partial charge in [0.05, 0.1) is 6.61 Å². The molecule has 0 aliphatic carbocycles. The Morgan fingerprint density at radius 3 is 3.00 bits per heavy atom. The molecule has 1 aromatic rings. The van der Waals surface area contributed by atoms with Crippen LogP contribution in [0.1, 0.15) is 32.4 Å². The van der Waals surface area contributed by atoms with Gasteiger partial charge < -0.3 is 10.1 Å². The van der Waals surface area contributed by atoms with Crippen LogP contribution in [0.15, 0.2) is 6.07 Å². The van der Waals surface area contributed by atoms with E-state index in [4.69, 9.17) is 4.74 Å². The maximum absolute atomic E-state index is 5.44. The molecule has 1 aliphatic heterocycles. The number of ether oxygens (including phenoxy) is 1. The summed E-state index contributed by atoms with van der Waals surface area (Å²) in [6, 6.07) is 2.47. The van der Waals surface area contributed by atoms with Crippen molar-refractivity contribution >= 4 is 5.95 Å². The second-order valence-corrected chi connectivity index (χ2v) is 4.91. The van der Waals surface area contributed by atoms with E-state index in [2.05, 4.69) is 27.1 Å². The number of nitrogens with zero attached hydrogens (tertiary/aromatic N) is 3. The summed E-state index contributed by atoms with van der Waals surface area (Å²) < 4.78 is 5.44. The highest BCUT2D eigenvalue weighted by molar-refractivity contribution is 5.30. The Balaban J connectivity index is 1.95. The summed E-state index contributed by atoms with van der Waals surface area (Å²) in [6.07, 6.45) is 2.55. The Kier molecular flexibility index (Phi) is 4.96. The van der Waals surface area contributed by atoms with Crippen LogP contribution in [-0.2, 0) is 0 Å². The molecule has 1 aromatic heterocycles. The molecule has 1 atom stereocenters. The molecule has 0 amide bonds. The first kappa shape index (κ1) is 14.1. The standard InChI is InChI=1S/C14H24N4O/c1-4-18-8-6-7-12(18)10-15-14-16-11(3)9-13(17-14)19-5-2/h9,12H,4-8,10H2,1-3H3,(H,15,16,17). The molecule has 19 heavy (non-hydrogen) atoms. The fraction of sp³-hybridized carbons (Fsp3) is 0.714. The first-order valence-electron chi connectivity index (χ1n) is 7.19. The maximum Gasteiger partial charge on any atom is 0.226 e. The molecule has 0 bridgehead atoms. The molecule has 5 heteroatoms. The van der Waals surface area contributed by atoms with Crippen molar-refractivity contribution in [2.24, 2.45) is 0 Å². The lowest BCUT2D eigenvalue weighted by Crippen LogP contribution is -2.34. The topological polar surface area (TPSA) is 50.3 Å². The molecule has 1 saturated heterocycles. The van der Waals surface area contributed by atoms with Crippen molar-refractivity contribution in [2.45, 2.75) is 39.7 Å². The summed E-state index contributed by atoms with van der Waals surface area (Å²) in [4.78, 5) is 11.3. The monoisotopic (exact) mass is 264 g/mol. The van der Waals surface area contributed by atoms with Gasteiger partial charge in [-0.25, -0.2) is 4.98 Å². The Hall–Kier alpha value is -1.36. The number of nitrogens with one attached hydrogen (secondary N) is 1. The minimum atomic E-state index is 0.602. The van der Waals surface area contributed by atoms with Gasteiger partial charge in [0.1, 0.15) is 0 Å². The van der Waals surface area contributed by atoms with Crippen LogP contribution < -0.4 is 10.1 Å². The van der Waals surface area contributed by atoms with Crippen LogP contribution in [0, 0.1) is 6.92 Å². The minimum Gasteiger partial charge on any atom is -0.478 e. The summed E-state index contributed by atoms with van der Waals surface area (Å²) in [6.45, 7) is 10.00. The molecule has 0 radical (unpaired) electrons. The van der Waals surface area contributed by atoms with Crippen LogP contribution in [0.5, 0.6) is 5.88 Å². The van der Waals surface area contributed by atoms with Crippen LogP contribution in [0.4, 0.5) is 5.95 Å². The lowest BCUT2D eigenvalue weighted by molar-refractivity contribution is 0.276.